The molecule has 0 saturated carbocycles. The summed E-state index contributed by atoms with van der Waals surface area (Å²) >= 11 is 1.67. The van der Waals surface area contributed by atoms with Crippen LogP contribution in [0.4, 0.5) is 5.69 Å². The number of thioether (sulfide) groups is 1. The standard InChI is InChI=1S/C26H33N3O5S2/c1-18-12-19(2)15-28(14-18)36(32,33)22-8-9-24-23(13-22)29(26(31)17-34-24)16-25(30)27-11-10-20-4-6-21(35-3)7-5-20/h4-9,13,18-19H,10-12,14-17H2,1-3H3,(H,27,30)/t18-,19+. The molecule has 36 heavy (non-hydrogen) atoms. The molecule has 1 saturated heterocycles. The van der Waals surface area contributed by atoms with Crippen LogP contribution >= 0.6 is 11.8 Å². The van der Waals surface area contributed by atoms with Gasteiger partial charge in [-0.05, 0) is 66.8 Å². The van der Waals surface area contributed by atoms with Gasteiger partial charge in [-0.25, -0.2) is 8.42 Å². The number of carbonyl (C=O) groups excluding carboxylic acids is 2. The van der Waals surface area contributed by atoms with Gasteiger partial charge in [0.15, 0.2) is 6.61 Å². The maximum Gasteiger partial charge on any atom is 0.265 e. The van der Waals surface area contributed by atoms with Gasteiger partial charge in [0.25, 0.3) is 5.91 Å². The number of fused-ring (bicyclic) bond motifs is 1. The quantitative estimate of drug-likeness (QED) is 0.526. The number of anilines is 1. The normalized spacial score (nSPS) is 20.5. The number of hydrogen-bond acceptors (Lipinski definition) is 6. The van der Waals surface area contributed by atoms with E-state index < -0.39 is 10.0 Å². The van der Waals surface area contributed by atoms with Crippen LogP contribution in [0.1, 0.15) is 25.8 Å². The number of nitrogens with zero attached hydrogens (tertiary/aromatic N) is 2. The van der Waals surface area contributed by atoms with E-state index in [1.54, 1.807) is 17.8 Å². The maximum absolute atomic E-state index is 13.4. The Labute approximate surface area is 217 Å². The topological polar surface area (TPSA) is 96.0 Å². The first kappa shape index (κ1) is 26.5. The van der Waals surface area contributed by atoms with Crippen LogP contribution in [0.15, 0.2) is 52.3 Å². The molecule has 2 aromatic carbocycles. The van der Waals surface area contributed by atoms with E-state index >= 15 is 0 Å². The van der Waals surface area contributed by atoms with Gasteiger partial charge in [0, 0.05) is 24.5 Å². The Morgan fingerprint density at radius 3 is 2.47 bits per heavy atom. The van der Waals surface area contributed by atoms with E-state index in [0.29, 0.717) is 37.5 Å². The molecule has 0 aromatic heterocycles. The first-order chi connectivity index (χ1) is 17.2. The predicted molar refractivity (Wildman–Crippen MR) is 141 cm³/mol. The van der Waals surface area contributed by atoms with Crippen molar-refractivity contribution < 1.29 is 22.7 Å². The van der Waals surface area contributed by atoms with Gasteiger partial charge >= 0.3 is 0 Å². The van der Waals surface area contributed by atoms with Crippen LogP contribution in [-0.4, -0.2) is 63.6 Å². The largest absolute Gasteiger partial charge is 0.482 e. The molecule has 2 amide bonds. The van der Waals surface area contributed by atoms with E-state index in [2.05, 4.69) is 19.2 Å². The summed E-state index contributed by atoms with van der Waals surface area (Å²) in [5.74, 6) is 0.226. The molecule has 0 aliphatic carbocycles. The molecule has 0 bridgehead atoms. The third-order valence-electron chi connectivity index (χ3n) is 6.54. The van der Waals surface area contributed by atoms with Crippen LogP contribution < -0.4 is 15.0 Å². The van der Waals surface area contributed by atoms with Crippen molar-refractivity contribution >= 4 is 39.3 Å². The fourth-order valence-electron chi connectivity index (χ4n) is 4.80. The van der Waals surface area contributed by atoms with Gasteiger partial charge in [0.2, 0.25) is 15.9 Å². The highest BCUT2D eigenvalue weighted by molar-refractivity contribution is 7.98. The molecule has 10 heteroatoms. The van der Waals surface area contributed by atoms with Crippen LogP contribution in [0.25, 0.3) is 0 Å². The zero-order valence-electron chi connectivity index (χ0n) is 20.9. The van der Waals surface area contributed by atoms with Crippen molar-refractivity contribution in [3.63, 3.8) is 0 Å². The summed E-state index contributed by atoms with van der Waals surface area (Å²) in [5.41, 5.74) is 1.41. The lowest BCUT2D eigenvalue weighted by molar-refractivity contribution is -0.125. The summed E-state index contributed by atoms with van der Waals surface area (Å²) in [7, 11) is -3.74. The molecule has 0 spiro atoms. The van der Waals surface area contributed by atoms with Crippen LogP contribution in [0, 0.1) is 11.8 Å². The molecule has 2 atom stereocenters. The molecule has 4 rings (SSSR count). The number of carbonyl (C=O) groups is 2. The fraction of sp³-hybridized carbons (Fsp3) is 0.462. The molecule has 1 fully saturated rings. The Morgan fingerprint density at radius 1 is 1.11 bits per heavy atom. The minimum atomic E-state index is -3.74. The van der Waals surface area contributed by atoms with E-state index in [1.807, 2.05) is 30.5 Å². The minimum Gasteiger partial charge on any atom is -0.482 e. The molecule has 1 N–H and O–H groups in total. The van der Waals surface area contributed by atoms with Crippen molar-refractivity contribution in [3.05, 3.63) is 48.0 Å². The third-order valence-corrected chi connectivity index (χ3v) is 9.11. The minimum absolute atomic E-state index is 0.0972. The summed E-state index contributed by atoms with van der Waals surface area (Å²) in [4.78, 5) is 27.9. The van der Waals surface area contributed by atoms with Crippen molar-refractivity contribution in [1.29, 1.82) is 0 Å². The second kappa shape index (κ2) is 11.2. The lowest BCUT2D eigenvalue weighted by Gasteiger charge is -2.34. The number of nitrogens with one attached hydrogen (secondary N) is 1. The maximum atomic E-state index is 13.4. The number of amides is 2. The first-order valence-electron chi connectivity index (χ1n) is 12.1. The highest BCUT2D eigenvalue weighted by Gasteiger charge is 2.34. The molecule has 0 radical (unpaired) electrons. The third kappa shape index (κ3) is 6.04. The van der Waals surface area contributed by atoms with Crippen LogP contribution in [-0.2, 0) is 26.0 Å². The van der Waals surface area contributed by atoms with Crippen molar-refractivity contribution in [2.45, 2.75) is 36.5 Å². The smallest absolute Gasteiger partial charge is 0.265 e. The van der Waals surface area contributed by atoms with Crippen molar-refractivity contribution in [2.24, 2.45) is 11.8 Å². The fourth-order valence-corrected chi connectivity index (χ4v) is 6.91. The average Bonchev–Trinajstić information content (AvgIpc) is 2.85. The number of ether oxygens (including phenoxy) is 1. The molecule has 2 aromatic rings. The van der Waals surface area contributed by atoms with E-state index in [4.69, 9.17) is 4.74 Å². The first-order valence-corrected chi connectivity index (χ1v) is 14.8. The van der Waals surface area contributed by atoms with E-state index in [-0.39, 0.29) is 41.7 Å². The predicted octanol–water partition coefficient (Wildman–Crippen LogP) is 3.16. The number of benzene rings is 2. The van der Waals surface area contributed by atoms with Crippen LogP contribution in [0.3, 0.4) is 0 Å². The van der Waals surface area contributed by atoms with Crippen LogP contribution in [0.2, 0.25) is 0 Å². The molecular weight excluding hydrogens is 498 g/mol. The van der Waals surface area contributed by atoms with Gasteiger partial charge in [0.05, 0.1) is 10.6 Å². The second-order valence-electron chi connectivity index (χ2n) is 9.61. The summed E-state index contributed by atoms with van der Waals surface area (Å²) in [6.45, 7) is 5.06. The SMILES string of the molecule is CSc1ccc(CCNC(=O)CN2C(=O)COc3ccc(S(=O)(=O)N4C[C@H](C)C[C@H](C)C4)cc32)cc1. The molecular formula is C26H33N3O5S2. The van der Waals surface area contributed by atoms with Crippen LogP contribution in [0.5, 0.6) is 5.75 Å². The molecule has 8 nitrogen and oxygen atoms in total. The monoisotopic (exact) mass is 531 g/mol. The summed E-state index contributed by atoms with van der Waals surface area (Å²) in [5, 5.41) is 2.86. The Morgan fingerprint density at radius 2 is 1.81 bits per heavy atom. The Balaban J connectivity index is 1.45. The number of sulfonamides is 1. The van der Waals surface area contributed by atoms with Crippen molar-refractivity contribution in [2.75, 3.05) is 43.9 Å². The number of piperidine rings is 1. The lowest BCUT2D eigenvalue weighted by Crippen LogP contribution is -2.45. The van der Waals surface area contributed by atoms with Crippen molar-refractivity contribution in [3.8, 4) is 5.75 Å². The zero-order valence-corrected chi connectivity index (χ0v) is 22.5. The average molecular weight is 532 g/mol. The van der Waals surface area contributed by atoms with Crippen molar-refractivity contribution in [1.82, 2.24) is 9.62 Å². The summed E-state index contributed by atoms with van der Waals surface area (Å²) < 4.78 is 33.8. The number of rotatable bonds is 8. The van der Waals surface area contributed by atoms with E-state index in [9.17, 15) is 18.0 Å². The van der Waals surface area contributed by atoms with Gasteiger partial charge < -0.3 is 10.1 Å². The highest BCUT2D eigenvalue weighted by atomic mass is 32.2. The second-order valence-corrected chi connectivity index (χ2v) is 12.4. The van der Waals surface area contributed by atoms with Gasteiger partial charge in [-0.15, -0.1) is 11.8 Å². The van der Waals surface area contributed by atoms with E-state index in [1.165, 1.54) is 26.2 Å². The Kier molecular flexibility index (Phi) is 8.27. The van der Waals surface area contributed by atoms with Gasteiger partial charge in [-0.3, -0.25) is 14.5 Å². The number of hydrogen-bond donors (Lipinski definition) is 1. The Hall–Kier alpha value is -2.56. The van der Waals surface area contributed by atoms with Gasteiger partial charge in [0.1, 0.15) is 12.3 Å². The van der Waals surface area contributed by atoms with Gasteiger partial charge in [-0.2, -0.15) is 4.31 Å². The molecule has 2 aliphatic heterocycles. The highest BCUT2D eigenvalue weighted by Crippen LogP contribution is 2.36. The molecule has 2 heterocycles. The Bertz CT molecular complexity index is 1210. The van der Waals surface area contributed by atoms with E-state index in [0.717, 1.165) is 12.0 Å². The molecule has 194 valence electrons. The summed E-state index contributed by atoms with van der Waals surface area (Å²) in [6, 6.07) is 12.7. The molecule has 0 unspecified atom stereocenters. The summed E-state index contributed by atoms with van der Waals surface area (Å²) in [6.07, 6.45) is 3.68. The van der Waals surface area contributed by atoms with Gasteiger partial charge in [-0.1, -0.05) is 26.0 Å². The zero-order chi connectivity index (χ0) is 25.9. The molecule has 2 aliphatic rings. The lowest BCUT2D eigenvalue weighted by atomic mass is 9.94.